The fourth-order valence-corrected chi connectivity index (χ4v) is 3.98. The molecular formula is C20H30BrNO3. The van der Waals surface area contributed by atoms with Crippen LogP contribution >= 0.6 is 15.9 Å². The fourth-order valence-electron chi connectivity index (χ4n) is 3.57. The van der Waals surface area contributed by atoms with Crippen LogP contribution in [0.15, 0.2) is 22.7 Å². The van der Waals surface area contributed by atoms with Gasteiger partial charge in [-0.2, -0.15) is 0 Å². The topological polar surface area (TPSA) is 49.8 Å². The molecule has 1 heterocycles. The quantitative estimate of drug-likeness (QED) is 0.671. The number of likely N-dealkylation sites (tertiary alicyclic amines) is 1. The molecule has 0 aliphatic carbocycles. The maximum atomic E-state index is 11.5. The molecule has 2 rings (SSSR count). The number of hydrogen-bond acceptors (Lipinski definition) is 2. The summed E-state index contributed by atoms with van der Waals surface area (Å²) < 4.78 is 7.25. The first-order valence-electron chi connectivity index (χ1n) is 9.05. The normalized spacial score (nSPS) is 21.4. The minimum atomic E-state index is -0.816. The molecule has 1 fully saturated rings. The van der Waals surface area contributed by atoms with E-state index in [9.17, 15) is 9.90 Å². The monoisotopic (exact) mass is 411 g/mol. The number of rotatable bonds is 5. The Bertz CT molecular complexity index is 597. The maximum absolute atomic E-state index is 11.5. The van der Waals surface area contributed by atoms with Crippen molar-refractivity contribution in [2.24, 2.45) is 5.41 Å². The molecule has 140 valence electrons. The molecule has 1 N–H and O–H groups in total. The highest BCUT2D eigenvalue weighted by atomic mass is 79.9. The van der Waals surface area contributed by atoms with Gasteiger partial charge in [-0.25, -0.2) is 4.79 Å². The van der Waals surface area contributed by atoms with Crippen molar-refractivity contribution in [1.82, 2.24) is 4.90 Å². The lowest BCUT2D eigenvalue weighted by atomic mass is 9.80. The van der Waals surface area contributed by atoms with Crippen molar-refractivity contribution < 1.29 is 14.6 Å². The van der Waals surface area contributed by atoms with Gasteiger partial charge < -0.3 is 14.7 Å². The summed E-state index contributed by atoms with van der Waals surface area (Å²) in [6.07, 6.45) is 2.89. The minimum Gasteiger partial charge on any atom is -0.465 e. The Morgan fingerprint density at radius 3 is 2.76 bits per heavy atom. The number of halogens is 1. The summed E-state index contributed by atoms with van der Waals surface area (Å²) in [6.45, 7) is 9.73. The van der Waals surface area contributed by atoms with Crippen LogP contribution in [-0.2, 0) is 11.2 Å². The zero-order valence-corrected chi connectivity index (χ0v) is 17.3. The number of aryl methyl sites for hydroxylation is 1. The molecular weight excluding hydrogens is 382 g/mol. The SMILES string of the molecule is Cc1c(Br)cccc1CCCOC1CCN(C(=O)O)C(C(C)(C)C)C1. The van der Waals surface area contributed by atoms with E-state index in [0.717, 1.165) is 36.8 Å². The van der Waals surface area contributed by atoms with Crippen LogP contribution in [0.5, 0.6) is 0 Å². The Morgan fingerprint density at radius 1 is 1.40 bits per heavy atom. The fraction of sp³-hybridized carbons (Fsp3) is 0.650. The zero-order chi connectivity index (χ0) is 18.6. The van der Waals surface area contributed by atoms with Crippen molar-refractivity contribution in [3.8, 4) is 0 Å². The molecule has 4 nitrogen and oxygen atoms in total. The summed E-state index contributed by atoms with van der Waals surface area (Å²) in [4.78, 5) is 13.1. The maximum Gasteiger partial charge on any atom is 0.407 e. The molecule has 0 aromatic heterocycles. The molecule has 0 spiro atoms. The van der Waals surface area contributed by atoms with E-state index in [2.05, 4.69) is 61.8 Å². The number of nitrogens with zero attached hydrogens (tertiary/aromatic N) is 1. The molecule has 1 aliphatic rings. The van der Waals surface area contributed by atoms with E-state index >= 15 is 0 Å². The van der Waals surface area contributed by atoms with Crippen molar-refractivity contribution in [2.75, 3.05) is 13.2 Å². The first-order valence-corrected chi connectivity index (χ1v) is 9.84. The molecule has 1 aliphatic heterocycles. The van der Waals surface area contributed by atoms with Crippen LogP contribution in [0.3, 0.4) is 0 Å². The van der Waals surface area contributed by atoms with Crippen LogP contribution in [0, 0.1) is 12.3 Å². The summed E-state index contributed by atoms with van der Waals surface area (Å²) in [5.41, 5.74) is 2.57. The number of benzene rings is 1. The van der Waals surface area contributed by atoms with Gasteiger partial charge in [-0.3, -0.25) is 0 Å². The average Bonchev–Trinajstić information content (AvgIpc) is 2.54. The number of hydrogen-bond donors (Lipinski definition) is 1. The van der Waals surface area contributed by atoms with Crippen molar-refractivity contribution >= 4 is 22.0 Å². The molecule has 0 saturated carbocycles. The molecule has 2 unspecified atom stereocenters. The number of ether oxygens (including phenoxy) is 1. The molecule has 1 aromatic carbocycles. The van der Waals surface area contributed by atoms with Gasteiger partial charge >= 0.3 is 6.09 Å². The van der Waals surface area contributed by atoms with Gasteiger partial charge in [0.1, 0.15) is 0 Å². The van der Waals surface area contributed by atoms with Gasteiger partial charge in [-0.05, 0) is 55.2 Å². The second-order valence-electron chi connectivity index (χ2n) is 8.00. The van der Waals surface area contributed by atoms with Crippen molar-refractivity contribution in [1.29, 1.82) is 0 Å². The Hall–Kier alpha value is -1.07. The van der Waals surface area contributed by atoms with E-state index in [4.69, 9.17) is 4.74 Å². The molecule has 2 atom stereocenters. The van der Waals surface area contributed by atoms with Gasteiger partial charge in [0.2, 0.25) is 0 Å². The lowest BCUT2D eigenvalue weighted by Gasteiger charge is -2.44. The highest BCUT2D eigenvalue weighted by Crippen LogP contribution is 2.33. The third-order valence-corrected chi connectivity index (χ3v) is 5.98. The predicted octanol–water partition coefficient (Wildman–Crippen LogP) is 5.26. The molecule has 1 aromatic rings. The number of carboxylic acid groups (broad SMARTS) is 1. The summed E-state index contributed by atoms with van der Waals surface area (Å²) in [7, 11) is 0. The van der Waals surface area contributed by atoms with E-state index in [1.54, 1.807) is 4.90 Å². The van der Waals surface area contributed by atoms with E-state index < -0.39 is 6.09 Å². The second-order valence-corrected chi connectivity index (χ2v) is 8.86. The Labute approximate surface area is 159 Å². The average molecular weight is 412 g/mol. The largest absolute Gasteiger partial charge is 0.465 e. The zero-order valence-electron chi connectivity index (χ0n) is 15.7. The van der Waals surface area contributed by atoms with Crippen molar-refractivity contribution in [2.45, 2.75) is 65.5 Å². The van der Waals surface area contributed by atoms with Crippen LogP contribution in [-0.4, -0.2) is 41.4 Å². The predicted molar refractivity (Wildman–Crippen MR) is 104 cm³/mol. The van der Waals surface area contributed by atoms with Gasteiger partial charge in [0, 0.05) is 23.7 Å². The Morgan fingerprint density at radius 2 is 2.12 bits per heavy atom. The van der Waals surface area contributed by atoms with Gasteiger partial charge in [0.15, 0.2) is 0 Å². The van der Waals surface area contributed by atoms with E-state index in [-0.39, 0.29) is 17.6 Å². The Kier molecular flexibility index (Phi) is 6.92. The summed E-state index contributed by atoms with van der Waals surface area (Å²) in [6, 6.07) is 6.32. The minimum absolute atomic E-state index is 0.0103. The van der Waals surface area contributed by atoms with Crippen molar-refractivity contribution in [3.05, 3.63) is 33.8 Å². The number of amides is 1. The first-order chi connectivity index (χ1) is 11.7. The second kappa shape index (κ2) is 8.54. The third-order valence-electron chi connectivity index (χ3n) is 5.12. The van der Waals surface area contributed by atoms with Crippen LogP contribution in [0.1, 0.15) is 51.2 Å². The molecule has 0 bridgehead atoms. The molecule has 25 heavy (non-hydrogen) atoms. The molecule has 1 saturated heterocycles. The van der Waals surface area contributed by atoms with Crippen molar-refractivity contribution in [3.63, 3.8) is 0 Å². The Balaban J connectivity index is 1.83. The van der Waals surface area contributed by atoms with Gasteiger partial charge in [0.25, 0.3) is 0 Å². The van der Waals surface area contributed by atoms with Gasteiger partial charge in [-0.1, -0.05) is 48.8 Å². The number of carbonyl (C=O) groups is 1. The lowest BCUT2D eigenvalue weighted by molar-refractivity contribution is -0.0351. The van der Waals surface area contributed by atoms with Crippen LogP contribution < -0.4 is 0 Å². The summed E-state index contributed by atoms with van der Waals surface area (Å²) in [5.74, 6) is 0. The highest BCUT2D eigenvalue weighted by molar-refractivity contribution is 9.10. The van der Waals surface area contributed by atoms with Gasteiger partial charge in [-0.15, -0.1) is 0 Å². The standard InChI is InChI=1S/C20H30BrNO3/c1-14-15(7-5-9-17(14)21)8-6-12-25-16-10-11-22(19(23)24)18(13-16)20(2,3)4/h5,7,9,16,18H,6,8,10-13H2,1-4H3,(H,23,24). The summed E-state index contributed by atoms with van der Waals surface area (Å²) in [5, 5.41) is 9.43. The first kappa shape index (κ1) is 20.2. The lowest BCUT2D eigenvalue weighted by Crippen LogP contribution is -2.53. The van der Waals surface area contributed by atoms with Crippen LogP contribution in [0.4, 0.5) is 4.79 Å². The van der Waals surface area contributed by atoms with Gasteiger partial charge in [0.05, 0.1) is 6.10 Å². The number of piperidine rings is 1. The smallest absolute Gasteiger partial charge is 0.407 e. The summed E-state index contributed by atoms with van der Waals surface area (Å²) >= 11 is 3.58. The van der Waals surface area contributed by atoms with E-state index in [0.29, 0.717) is 6.54 Å². The van der Waals surface area contributed by atoms with Crippen LogP contribution in [0.2, 0.25) is 0 Å². The molecule has 0 radical (unpaired) electrons. The molecule has 5 heteroatoms. The van der Waals surface area contributed by atoms with Crippen LogP contribution in [0.25, 0.3) is 0 Å². The molecule has 1 amide bonds. The highest BCUT2D eigenvalue weighted by Gasteiger charge is 2.38. The van der Waals surface area contributed by atoms with E-state index in [1.807, 2.05) is 0 Å². The third kappa shape index (κ3) is 5.45. The van der Waals surface area contributed by atoms with E-state index in [1.165, 1.54) is 11.1 Å².